The van der Waals surface area contributed by atoms with Crippen molar-refractivity contribution in [1.29, 1.82) is 0 Å². The van der Waals surface area contributed by atoms with Crippen LogP contribution < -0.4 is 0 Å². The Hall–Kier alpha value is -1.00. The molecule has 1 saturated heterocycles. The minimum atomic E-state index is -0.744. The van der Waals surface area contributed by atoms with Crippen LogP contribution in [0, 0.1) is 5.82 Å². The number of aliphatic hydroxyl groups excluding tert-OH is 1. The topological polar surface area (TPSA) is 36.4 Å². The highest BCUT2D eigenvalue weighted by Crippen LogP contribution is 2.45. The van der Waals surface area contributed by atoms with Gasteiger partial charge in [0.25, 0.3) is 0 Å². The van der Waals surface area contributed by atoms with E-state index in [0.717, 1.165) is 38.8 Å². The molecule has 3 nitrogen and oxygen atoms in total. The van der Waals surface area contributed by atoms with Gasteiger partial charge in [0.05, 0.1) is 11.7 Å². The van der Waals surface area contributed by atoms with Gasteiger partial charge in [0, 0.05) is 11.8 Å². The molecule has 1 saturated carbocycles. The molecular formula is C16H23FN2O. The molecule has 3 rings (SSSR count). The van der Waals surface area contributed by atoms with Crippen LogP contribution in [0.15, 0.2) is 18.5 Å². The molecule has 0 amide bonds. The summed E-state index contributed by atoms with van der Waals surface area (Å²) in [5.41, 5.74) is 0.148. The number of halogens is 1. The van der Waals surface area contributed by atoms with E-state index in [2.05, 4.69) is 9.88 Å². The zero-order valence-electron chi connectivity index (χ0n) is 11.9. The summed E-state index contributed by atoms with van der Waals surface area (Å²) < 4.78 is 14.0. The predicted octanol–water partition coefficient (Wildman–Crippen LogP) is 3.05. The third kappa shape index (κ3) is 2.35. The van der Waals surface area contributed by atoms with Crippen molar-refractivity contribution >= 4 is 0 Å². The summed E-state index contributed by atoms with van der Waals surface area (Å²) in [6, 6.07) is 1.63. The molecule has 110 valence electrons. The Morgan fingerprint density at radius 3 is 2.50 bits per heavy atom. The number of aliphatic hydroxyl groups is 1. The molecule has 0 spiro atoms. The van der Waals surface area contributed by atoms with E-state index >= 15 is 0 Å². The fourth-order valence-corrected chi connectivity index (χ4v) is 3.99. The van der Waals surface area contributed by atoms with E-state index in [1.54, 1.807) is 12.3 Å². The van der Waals surface area contributed by atoms with Crippen LogP contribution in [0.3, 0.4) is 0 Å². The number of rotatable bonds is 3. The largest absolute Gasteiger partial charge is 0.386 e. The number of hydrogen-bond acceptors (Lipinski definition) is 3. The van der Waals surface area contributed by atoms with Crippen LogP contribution in [0.2, 0.25) is 0 Å². The summed E-state index contributed by atoms with van der Waals surface area (Å²) in [5, 5.41) is 10.9. The van der Waals surface area contributed by atoms with Gasteiger partial charge >= 0.3 is 0 Å². The normalized spacial score (nSPS) is 24.7. The summed E-state index contributed by atoms with van der Waals surface area (Å²) in [4.78, 5) is 6.21. The second kappa shape index (κ2) is 5.78. The monoisotopic (exact) mass is 278 g/mol. The Kier molecular flexibility index (Phi) is 4.03. The smallest absolute Gasteiger partial charge is 0.147 e. The molecule has 1 aliphatic carbocycles. The Balaban J connectivity index is 1.91. The molecule has 0 bridgehead atoms. The van der Waals surface area contributed by atoms with Crippen LogP contribution in [-0.2, 0) is 0 Å². The van der Waals surface area contributed by atoms with Crippen LogP contribution >= 0.6 is 0 Å². The van der Waals surface area contributed by atoms with Gasteiger partial charge < -0.3 is 5.11 Å². The zero-order chi connectivity index (χ0) is 14.0. The molecule has 1 aromatic rings. The van der Waals surface area contributed by atoms with Gasteiger partial charge in [-0.15, -0.1) is 0 Å². The molecule has 0 radical (unpaired) electrons. The summed E-state index contributed by atoms with van der Waals surface area (Å²) in [6.45, 7) is 2.06. The quantitative estimate of drug-likeness (QED) is 0.923. The molecule has 2 aliphatic rings. The van der Waals surface area contributed by atoms with Crippen molar-refractivity contribution in [2.24, 2.45) is 0 Å². The third-order valence-corrected chi connectivity index (χ3v) is 5.06. The summed E-state index contributed by atoms with van der Waals surface area (Å²) in [5.74, 6) is -0.386. The molecule has 1 unspecified atom stereocenters. The number of piperidine rings is 1. The van der Waals surface area contributed by atoms with E-state index in [4.69, 9.17) is 0 Å². The molecule has 1 N–H and O–H groups in total. The lowest BCUT2D eigenvalue weighted by Crippen LogP contribution is -2.53. The molecule has 0 aromatic carbocycles. The van der Waals surface area contributed by atoms with Crippen molar-refractivity contribution in [3.05, 3.63) is 29.8 Å². The molecule has 1 atom stereocenters. The van der Waals surface area contributed by atoms with E-state index < -0.39 is 6.10 Å². The van der Waals surface area contributed by atoms with Gasteiger partial charge in [0.15, 0.2) is 0 Å². The number of likely N-dealkylation sites (tertiary alicyclic amines) is 1. The van der Waals surface area contributed by atoms with Gasteiger partial charge in [0.1, 0.15) is 11.9 Å². The fourth-order valence-electron chi connectivity index (χ4n) is 3.99. The van der Waals surface area contributed by atoms with Gasteiger partial charge in [-0.2, -0.15) is 0 Å². The summed E-state index contributed by atoms with van der Waals surface area (Å²) in [7, 11) is 0. The highest BCUT2D eigenvalue weighted by Gasteiger charge is 2.46. The van der Waals surface area contributed by atoms with E-state index in [1.807, 2.05) is 0 Å². The summed E-state index contributed by atoms with van der Waals surface area (Å²) in [6.07, 6.45) is 9.86. The van der Waals surface area contributed by atoms with Crippen LogP contribution in [0.5, 0.6) is 0 Å². The number of pyridine rings is 1. The second-order valence-corrected chi connectivity index (χ2v) is 6.16. The predicted molar refractivity (Wildman–Crippen MR) is 75.8 cm³/mol. The minimum absolute atomic E-state index is 0.261. The maximum Gasteiger partial charge on any atom is 0.147 e. The van der Waals surface area contributed by atoms with Gasteiger partial charge in [-0.25, -0.2) is 4.39 Å². The minimum Gasteiger partial charge on any atom is -0.386 e. The Labute approximate surface area is 119 Å². The van der Waals surface area contributed by atoms with E-state index in [0.29, 0.717) is 5.56 Å². The molecular weight excluding hydrogens is 255 g/mol. The molecule has 1 aliphatic heterocycles. The standard InChI is InChI=1S/C16H23FN2O/c17-14-12-18-9-6-13(14)15(20)16(7-2-3-8-16)19-10-4-1-5-11-19/h6,9,12,15,20H,1-5,7-8,10-11H2. The van der Waals surface area contributed by atoms with E-state index in [9.17, 15) is 9.50 Å². The lowest BCUT2D eigenvalue weighted by atomic mass is 9.83. The molecule has 2 fully saturated rings. The SMILES string of the molecule is OC(c1ccncc1F)C1(N2CCCCC2)CCCC1. The number of nitrogens with zero attached hydrogens (tertiary/aromatic N) is 2. The van der Waals surface area contributed by atoms with Crippen LogP contribution in [0.1, 0.15) is 56.6 Å². The first-order chi connectivity index (χ1) is 9.74. The Bertz CT molecular complexity index is 454. The summed E-state index contributed by atoms with van der Waals surface area (Å²) >= 11 is 0. The first-order valence-corrected chi connectivity index (χ1v) is 7.76. The highest BCUT2D eigenvalue weighted by atomic mass is 19.1. The molecule has 2 heterocycles. The maximum absolute atomic E-state index is 14.0. The van der Waals surface area contributed by atoms with Crippen molar-refractivity contribution in [2.45, 2.75) is 56.6 Å². The van der Waals surface area contributed by atoms with E-state index in [1.165, 1.54) is 25.5 Å². The first kappa shape index (κ1) is 14.0. The van der Waals surface area contributed by atoms with E-state index in [-0.39, 0.29) is 11.4 Å². The second-order valence-electron chi connectivity index (χ2n) is 6.16. The number of hydrogen-bond donors (Lipinski definition) is 1. The van der Waals surface area contributed by atoms with Crippen molar-refractivity contribution in [3.8, 4) is 0 Å². The van der Waals surface area contributed by atoms with Crippen molar-refractivity contribution in [3.63, 3.8) is 0 Å². The number of aromatic nitrogens is 1. The van der Waals surface area contributed by atoms with Crippen molar-refractivity contribution < 1.29 is 9.50 Å². The maximum atomic E-state index is 14.0. The molecule has 20 heavy (non-hydrogen) atoms. The first-order valence-electron chi connectivity index (χ1n) is 7.76. The van der Waals surface area contributed by atoms with Gasteiger partial charge in [-0.3, -0.25) is 9.88 Å². The molecule has 4 heteroatoms. The van der Waals surface area contributed by atoms with Crippen LogP contribution in [-0.4, -0.2) is 33.6 Å². The third-order valence-electron chi connectivity index (χ3n) is 5.06. The average molecular weight is 278 g/mol. The lowest BCUT2D eigenvalue weighted by molar-refractivity contribution is -0.0420. The van der Waals surface area contributed by atoms with Crippen molar-refractivity contribution in [1.82, 2.24) is 9.88 Å². The Morgan fingerprint density at radius 1 is 1.15 bits per heavy atom. The molecule has 1 aromatic heterocycles. The van der Waals surface area contributed by atoms with Crippen LogP contribution in [0.25, 0.3) is 0 Å². The highest BCUT2D eigenvalue weighted by molar-refractivity contribution is 5.21. The van der Waals surface area contributed by atoms with Gasteiger partial charge in [0.2, 0.25) is 0 Å². The van der Waals surface area contributed by atoms with Crippen molar-refractivity contribution in [2.75, 3.05) is 13.1 Å². The van der Waals surface area contributed by atoms with Gasteiger partial charge in [-0.1, -0.05) is 19.3 Å². The average Bonchev–Trinajstić information content (AvgIpc) is 2.99. The lowest BCUT2D eigenvalue weighted by Gasteiger charge is -2.46. The van der Waals surface area contributed by atoms with Gasteiger partial charge in [-0.05, 0) is 44.8 Å². The fraction of sp³-hybridized carbons (Fsp3) is 0.688. The van der Waals surface area contributed by atoms with Crippen LogP contribution in [0.4, 0.5) is 4.39 Å². The zero-order valence-corrected chi connectivity index (χ0v) is 11.9. The Morgan fingerprint density at radius 2 is 1.85 bits per heavy atom.